The van der Waals surface area contributed by atoms with E-state index in [9.17, 15) is 9.50 Å². The summed E-state index contributed by atoms with van der Waals surface area (Å²) in [6.07, 6.45) is 3.78. The van der Waals surface area contributed by atoms with E-state index in [4.69, 9.17) is 17.3 Å². The fraction of sp³-hybridized carbons (Fsp3) is 0.533. The summed E-state index contributed by atoms with van der Waals surface area (Å²) in [4.78, 5) is 6.28. The van der Waals surface area contributed by atoms with Crippen LogP contribution in [0.15, 0.2) is 23.2 Å². The van der Waals surface area contributed by atoms with Crippen LogP contribution in [0.2, 0.25) is 5.02 Å². The molecule has 1 aliphatic rings. The van der Waals surface area contributed by atoms with Gasteiger partial charge in [0.05, 0.1) is 17.7 Å². The number of hydrogen-bond donors (Lipinski definition) is 2. The minimum Gasteiger partial charge on any atom is -0.386 e. The number of aliphatic imine (C=N–C) groups is 1. The minimum absolute atomic E-state index is 0.0403. The number of hydrogen-bond acceptors (Lipinski definition) is 2. The highest BCUT2D eigenvalue weighted by Crippen LogP contribution is 2.20. The first-order valence-electron chi connectivity index (χ1n) is 7.26. The molecule has 1 unspecified atom stereocenters. The number of benzene rings is 1. The lowest BCUT2D eigenvalue weighted by Crippen LogP contribution is -2.38. The number of aliphatic hydroxyl groups is 1. The summed E-state index contributed by atoms with van der Waals surface area (Å²) in [7, 11) is 0. The van der Waals surface area contributed by atoms with Crippen LogP contribution < -0.4 is 5.73 Å². The van der Waals surface area contributed by atoms with E-state index in [1.165, 1.54) is 25.0 Å². The molecule has 1 saturated heterocycles. The quantitative estimate of drug-likeness (QED) is 0.666. The van der Waals surface area contributed by atoms with Gasteiger partial charge in [0.2, 0.25) is 0 Å². The SMILES string of the molecule is NC(=NCC(O)c1ccc(Cl)c(F)c1)N1CCCCCC1. The first-order valence-corrected chi connectivity index (χ1v) is 7.63. The van der Waals surface area contributed by atoms with E-state index in [-0.39, 0.29) is 11.6 Å². The Balaban J connectivity index is 1.96. The lowest BCUT2D eigenvalue weighted by Gasteiger charge is -2.21. The fourth-order valence-electron chi connectivity index (χ4n) is 2.40. The van der Waals surface area contributed by atoms with Crippen LogP contribution in [-0.2, 0) is 0 Å². The zero-order valence-electron chi connectivity index (χ0n) is 11.9. The van der Waals surface area contributed by atoms with Crippen LogP contribution in [0.25, 0.3) is 0 Å². The molecular formula is C15H21ClFN3O. The Labute approximate surface area is 129 Å². The Bertz CT molecular complexity index is 502. The van der Waals surface area contributed by atoms with E-state index < -0.39 is 11.9 Å². The van der Waals surface area contributed by atoms with Crippen LogP contribution in [0.3, 0.4) is 0 Å². The van der Waals surface area contributed by atoms with Gasteiger partial charge in [-0.2, -0.15) is 0 Å². The molecule has 0 radical (unpaired) electrons. The number of nitrogens with zero attached hydrogens (tertiary/aromatic N) is 2. The van der Waals surface area contributed by atoms with Crippen molar-refractivity contribution in [3.05, 3.63) is 34.6 Å². The maximum atomic E-state index is 13.4. The van der Waals surface area contributed by atoms with E-state index in [0.717, 1.165) is 25.9 Å². The third kappa shape index (κ3) is 4.58. The van der Waals surface area contributed by atoms with Gasteiger partial charge in [-0.1, -0.05) is 30.5 Å². The molecule has 0 aromatic heterocycles. The molecule has 0 bridgehead atoms. The molecule has 3 N–H and O–H groups in total. The van der Waals surface area contributed by atoms with Crippen molar-refractivity contribution in [2.45, 2.75) is 31.8 Å². The number of aliphatic hydroxyl groups excluding tert-OH is 1. The molecule has 1 fully saturated rings. The van der Waals surface area contributed by atoms with Crippen LogP contribution in [0, 0.1) is 5.82 Å². The number of likely N-dealkylation sites (tertiary alicyclic amines) is 1. The summed E-state index contributed by atoms with van der Waals surface area (Å²) < 4.78 is 13.4. The van der Waals surface area contributed by atoms with Gasteiger partial charge < -0.3 is 15.7 Å². The fourth-order valence-corrected chi connectivity index (χ4v) is 2.52. The maximum Gasteiger partial charge on any atom is 0.191 e. The standard InChI is InChI=1S/C15H21ClFN3O/c16-12-6-5-11(9-13(12)17)14(21)10-19-15(18)20-7-3-1-2-4-8-20/h5-6,9,14,21H,1-4,7-8,10H2,(H2,18,19). The zero-order chi connectivity index (χ0) is 15.2. The Hall–Kier alpha value is -1.33. The van der Waals surface area contributed by atoms with E-state index in [1.807, 2.05) is 4.90 Å². The molecular weight excluding hydrogens is 293 g/mol. The first kappa shape index (κ1) is 16.0. The van der Waals surface area contributed by atoms with Crippen LogP contribution in [0.1, 0.15) is 37.4 Å². The molecule has 116 valence electrons. The summed E-state index contributed by atoms with van der Waals surface area (Å²) in [6.45, 7) is 1.92. The lowest BCUT2D eigenvalue weighted by atomic mass is 10.1. The van der Waals surface area contributed by atoms with Crippen molar-refractivity contribution in [1.82, 2.24) is 4.90 Å². The number of halogens is 2. The summed E-state index contributed by atoms with van der Waals surface area (Å²) in [6, 6.07) is 4.25. The highest BCUT2D eigenvalue weighted by Gasteiger charge is 2.13. The minimum atomic E-state index is -0.887. The highest BCUT2D eigenvalue weighted by molar-refractivity contribution is 6.30. The Morgan fingerprint density at radius 2 is 2.00 bits per heavy atom. The van der Waals surface area contributed by atoms with Crippen molar-refractivity contribution in [2.75, 3.05) is 19.6 Å². The summed E-state index contributed by atoms with van der Waals surface area (Å²) >= 11 is 5.62. The average molecular weight is 314 g/mol. The molecule has 6 heteroatoms. The molecule has 1 atom stereocenters. The summed E-state index contributed by atoms with van der Waals surface area (Å²) in [5, 5.41) is 10.1. The van der Waals surface area contributed by atoms with Gasteiger partial charge in [0, 0.05) is 13.1 Å². The van der Waals surface area contributed by atoms with Gasteiger partial charge in [-0.3, -0.25) is 4.99 Å². The number of rotatable bonds is 3. The Morgan fingerprint density at radius 1 is 1.33 bits per heavy atom. The molecule has 2 rings (SSSR count). The monoisotopic (exact) mass is 313 g/mol. The van der Waals surface area contributed by atoms with Crippen molar-refractivity contribution < 1.29 is 9.50 Å². The van der Waals surface area contributed by atoms with Crippen molar-refractivity contribution in [3.63, 3.8) is 0 Å². The van der Waals surface area contributed by atoms with Gasteiger partial charge >= 0.3 is 0 Å². The second-order valence-corrected chi connectivity index (χ2v) is 5.70. The van der Waals surface area contributed by atoms with E-state index >= 15 is 0 Å². The van der Waals surface area contributed by atoms with Crippen molar-refractivity contribution in [1.29, 1.82) is 0 Å². The molecule has 1 heterocycles. The molecule has 0 saturated carbocycles. The predicted molar refractivity (Wildman–Crippen MR) is 82.9 cm³/mol. The molecule has 0 spiro atoms. The summed E-state index contributed by atoms with van der Waals surface area (Å²) in [5.41, 5.74) is 6.42. The second kappa shape index (κ2) is 7.61. The Morgan fingerprint density at radius 3 is 2.62 bits per heavy atom. The molecule has 1 aliphatic heterocycles. The average Bonchev–Trinajstić information content (AvgIpc) is 2.76. The lowest BCUT2D eigenvalue weighted by molar-refractivity contribution is 0.186. The van der Waals surface area contributed by atoms with Gasteiger partial charge in [0.25, 0.3) is 0 Å². The topological polar surface area (TPSA) is 61.9 Å². The van der Waals surface area contributed by atoms with Crippen molar-refractivity contribution in [3.8, 4) is 0 Å². The molecule has 1 aromatic rings. The van der Waals surface area contributed by atoms with Crippen molar-refractivity contribution >= 4 is 17.6 Å². The number of nitrogens with two attached hydrogens (primary N) is 1. The largest absolute Gasteiger partial charge is 0.386 e. The summed E-state index contributed by atoms with van der Waals surface area (Å²) in [5.74, 6) is -0.0944. The highest BCUT2D eigenvalue weighted by atomic mass is 35.5. The Kier molecular flexibility index (Phi) is 5.82. The van der Waals surface area contributed by atoms with E-state index in [0.29, 0.717) is 11.5 Å². The molecule has 1 aromatic carbocycles. The first-order chi connectivity index (χ1) is 10.1. The maximum absolute atomic E-state index is 13.4. The van der Waals surface area contributed by atoms with Gasteiger partial charge in [0.1, 0.15) is 5.82 Å². The number of guanidine groups is 1. The second-order valence-electron chi connectivity index (χ2n) is 5.29. The van der Waals surface area contributed by atoms with Crippen molar-refractivity contribution in [2.24, 2.45) is 10.7 Å². The van der Waals surface area contributed by atoms with E-state index in [1.54, 1.807) is 6.07 Å². The molecule has 0 amide bonds. The van der Waals surface area contributed by atoms with Gasteiger partial charge in [-0.05, 0) is 30.5 Å². The molecule has 4 nitrogen and oxygen atoms in total. The van der Waals surface area contributed by atoms with Gasteiger partial charge in [0.15, 0.2) is 5.96 Å². The van der Waals surface area contributed by atoms with Gasteiger partial charge in [-0.25, -0.2) is 4.39 Å². The van der Waals surface area contributed by atoms with E-state index in [2.05, 4.69) is 4.99 Å². The van der Waals surface area contributed by atoms with Crippen LogP contribution in [0.4, 0.5) is 4.39 Å². The predicted octanol–water partition coefficient (Wildman–Crippen LogP) is 2.70. The zero-order valence-corrected chi connectivity index (χ0v) is 12.7. The normalized spacial score (nSPS) is 18.4. The van der Waals surface area contributed by atoms with Gasteiger partial charge in [-0.15, -0.1) is 0 Å². The molecule has 0 aliphatic carbocycles. The third-order valence-corrected chi connectivity index (χ3v) is 3.99. The molecule has 21 heavy (non-hydrogen) atoms. The van der Waals surface area contributed by atoms with Crippen LogP contribution in [-0.4, -0.2) is 35.6 Å². The smallest absolute Gasteiger partial charge is 0.191 e. The van der Waals surface area contributed by atoms with Crippen LogP contribution >= 0.6 is 11.6 Å². The third-order valence-electron chi connectivity index (χ3n) is 3.68. The van der Waals surface area contributed by atoms with Crippen LogP contribution in [0.5, 0.6) is 0 Å².